The van der Waals surface area contributed by atoms with Crippen molar-refractivity contribution in [3.63, 3.8) is 0 Å². The maximum absolute atomic E-state index is 12.0. The number of rotatable bonds is 5. The van der Waals surface area contributed by atoms with Gasteiger partial charge in [0, 0.05) is 6.54 Å². The first-order chi connectivity index (χ1) is 9.59. The van der Waals surface area contributed by atoms with Gasteiger partial charge in [0.15, 0.2) is 0 Å². The Labute approximate surface area is 133 Å². The molecule has 1 aliphatic heterocycles. The van der Waals surface area contributed by atoms with Gasteiger partial charge in [-0.1, -0.05) is 17.7 Å². The van der Waals surface area contributed by atoms with Crippen molar-refractivity contribution in [3.8, 4) is 0 Å². The Kier molecular flexibility index (Phi) is 6.87. The molecule has 6 nitrogen and oxygen atoms in total. The lowest BCUT2D eigenvalue weighted by Gasteiger charge is -2.09. The van der Waals surface area contributed by atoms with Crippen LogP contribution < -0.4 is 10.6 Å². The van der Waals surface area contributed by atoms with E-state index < -0.39 is 10.8 Å². The maximum Gasteiger partial charge on any atom is 0.300 e. The largest absolute Gasteiger partial charge is 0.352 e. The Morgan fingerprint density at radius 2 is 2.29 bits per heavy atom. The Hall–Kier alpha value is -1.37. The van der Waals surface area contributed by atoms with Crippen LogP contribution in [0.3, 0.4) is 0 Å². The second-order valence-corrected chi connectivity index (χ2v) is 5.20. The van der Waals surface area contributed by atoms with E-state index in [-0.39, 0.29) is 28.7 Å². The van der Waals surface area contributed by atoms with E-state index in [0.717, 1.165) is 25.9 Å². The highest BCUT2D eigenvalue weighted by Crippen LogP contribution is 2.28. The molecule has 2 N–H and O–H groups in total. The van der Waals surface area contributed by atoms with Gasteiger partial charge in [-0.3, -0.25) is 14.9 Å². The highest BCUT2D eigenvalue weighted by atomic mass is 35.5. The van der Waals surface area contributed by atoms with E-state index >= 15 is 0 Å². The van der Waals surface area contributed by atoms with Crippen LogP contribution in [0.25, 0.3) is 0 Å². The van der Waals surface area contributed by atoms with Crippen molar-refractivity contribution < 1.29 is 9.72 Å². The molecule has 1 saturated heterocycles. The molecule has 8 heteroatoms. The van der Waals surface area contributed by atoms with Crippen molar-refractivity contribution in [2.75, 3.05) is 19.6 Å². The summed E-state index contributed by atoms with van der Waals surface area (Å²) in [6, 6.07) is 4.35. The van der Waals surface area contributed by atoms with Crippen molar-refractivity contribution in [1.29, 1.82) is 0 Å². The molecule has 1 unspecified atom stereocenters. The lowest BCUT2D eigenvalue weighted by molar-refractivity contribution is -0.385. The summed E-state index contributed by atoms with van der Waals surface area (Å²) >= 11 is 5.78. The molecule has 1 amide bonds. The summed E-state index contributed by atoms with van der Waals surface area (Å²) in [6.45, 7) is 2.49. The minimum atomic E-state index is -0.627. The molecule has 0 bridgehead atoms. The number of nitro groups is 1. The Bertz CT molecular complexity index is 519. The molecule has 2 rings (SSSR count). The van der Waals surface area contributed by atoms with Gasteiger partial charge in [-0.2, -0.15) is 0 Å². The molecule has 0 aromatic heterocycles. The molecule has 0 spiro atoms. The average molecular weight is 334 g/mol. The molecule has 0 saturated carbocycles. The molecule has 1 aromatic carbocycles. The molecule has 0 aliphatic carbocycles. The molecule has 1 aromatic rings. The van der Waals surface area contributed by atoms with E-state index in [9.17, 15) is 14.9 Å². The standard InChI is InChI=1S/C13H16ClN3O3.ClH/c14-11-3-1-2-10(12(11)17(19)20)13(18)16-7-5-9-4-6-15-8-9;/h1-3,9,15H,4-8H2,(H,16,18);1H. The van der Waals surface area contributed by atoms with Crippen molar-refractivity contribution in [2.24, 2.45) is 5.92 Å². The van der Waals surface area contributed by atoms with Gasteiger partial charge >= 0.3 is 5.69 Å². The van der Waals surface area contributed by atoms with Crippen molar-refractivity contribution in [2.45, 2.75) is 12.8 Å². The molecule has 1 aliphatic rings. The number of nitro benzene ring substituents is 1. The second kappa shape index (κ2) is 8.17. The molecular weight excluding hydrogens is 317 g/mol. The summed E-state index contributed by atoms with van der Waals surface area (Å²) in [5, 5.41) is 16.9. The number of hydrogen-bond acceptors (Lipinski definition) is 4. The van der Waals surface area contributed by atoms with Gasteiger partial charge in [0.05, 0.1) is 4.92 Å². The van der Waals surface area contributed by atoms with Gasteiger partial charge in [-0.25, -0.2) is 0 Å². The van der Waals surface area contributed by atoms with E-state index in [1.165, 1.54) is 18.2 Å². The predicted octanol–water partition coefficient (Wildman–Crippen LogP) is 2.40. The fourth-order valence-corrected chi connectivity index (χ4v) is 2.57. The Morgan fingerprint density at radius 1 is 1.52 bits per heavy atom. The first-order valence-corrected chi connectivity index (χ1v) is 6.89. The fraction of sp³-hybridized carbons (Fsp3) is 0.462. The third-order valence-corrected chi connectivity index (χ3v) is 3.72. The zero-order valence-electron chi connectivity index (χ0n) is 11.3. The minimum Gasteiger partial charge on any atom is -0.352 e. The van der Waals surface area contributed by atoms with Gasteiger partial charge in [-0.15, -0.1) is 12.4 Å². The number of amides is 1. The number of halogens is 2. The van der Waals surface area contributed by atoms with Gasteiger partial charge in [-0.05, 0) is 44.0 Å². The first-order valence-electron chi connectivity index (χ1n) is 6.51. The van der Waals surface area contributed by atoms with Crippen LogP contribution in [-0.4, -0.2) is 30.5 Å². The van der Waals surface area contributed by atoms with Crippen molar-refractivity contribution >= 4 is 35.6 Å². The van der Waals surface area contributed by atoms with Gasteiger partial charge < -0.3 is 10.6 Å². The van der Waals surface area contributed by atoms with E-state index in [4.69, 9.17) is 11.6 Å². The molecular formula is C13H17Cl2N3O3. The zero-order chi connectivity index (χ0) is 14.5. The van der Waals surface area contributed by atoms with E-state index in [0.29, 0.717) is 12.5 Å². The number of carbonyl (C=O) groups is 1. The summed E-state index contributed by atoms with van der Waals surface area (Å²) in [5.74, 6) is 0.106. The van der Waals surface area contributed by atoms with Gasteiger partial charge in [0.1, 0.15) is 10.6 Å². The summed E-state index contributed by atoms with van der Waals surface area (Å²) in [5.41, 5.74) is -0.332. The molecule has 21 heavy (non-hydrogen) atoms. The van der Waals surface area contributed by atoms with Gasteiger partial charge in [0.2, 0.25) is 0 Å². The normalized spacial score (nSPS) is 17.1. The summed E-state index contributed by atoms with van der Waals surface area (Å²) in [7, 11) is 0. The lowest BCUT2D eigenvalue weighted by atomic mass is 10.1. The lowest BCUT2D eigenvalue weighted by Crippen LogP contribution is -2.27. The first kappa shape index (κ1) is 17.7. The molecule has 116 valence electrons. The van der Waals surface area contributed by atoms with E-state index in [1.807, 2.05) is 0 Å². The Morgan fingerprint density at radius 3 is 2.90 bits per heavy atom. The van der Waals surface area contributed by atoms with Crippen LogP contribution in [0.2, 0.25) is 5.02 Å². The van der Waals surface area contributed by atoms with Crippen LogP contribution in [0.5, 0.6) is 0 Å². The van der Waals surface area contributed by atoms with E-state index in [2.05, 4.69) is 10.6 Å². The van der Waals surface area contributed by atoms with E-state index in [1.54, 1.807) is 0 Å². The van der Waals surface area contributed by atoms with Crippen LogP contribution >= 0.6 is 24.0 Å². The number of para-hydroxylation sites is 1. The fourth-order valence-electron chi connectivity index (χ4n) is 2.33. The highest BCUT2D eigenvalue weighted by Gasteiger charge is 2.23. The predicted molar refractivity (Wildman–Crippen MR) is 83.3 cm³/mol. The van der Waals surface area contributed by atoms with Crippen LogP contribution in [0, 0.1) is 16.0 Å². The van der Waals surface area contributed by atoms with Crippen LogP contribution in [-0.2, 0) is 0 Å². The number of nitrogens with one attached hydrogen (secondary N) is 2. The van der Waals surface area contributed by atoms with Gasteiger partial charge in [0.25, 0.3) is 5.91 Å². The summed E-state index contributed by atoms with van der Waals surface area (Å²) < 4.78 is 0. The zero-order valence-corrected chi connectivity index (χ0v) is 12.9. The maximum atomic E-state index is 12.0. The summed E-state index contributed by atoms with van der Waals surface area (Å²) in [6.07, 6.45) is 1.97. The molecule has 1 heterocycles. The SMILES string of the molecule is Cl.O=C(NCCC1CCNC1)c1cccc(Cl)c1[N+](=O)[O-]. The smallest absolute Gasteiger partial charge is 0.300 e. The Balaban J connectivity index is 0.00000220. The third kappa shape index (κ3) is 4.56. The van der Waals surface area contributed by atoms with Crippen molar-refractivity contribution in [3.05, 3.63) is 38.9 Å². The van der Waals surface area contributed by atoms with Crippen molar-refractivity contribution in [1.82, 2.24) is 10.6 Å². The molecule has 1 fully saturated rings. The van der Waals surface area contributed by atoms with Crippen LogP contribution in [0.4, 0.5) is 5.69 Å². The number of nitrogens with zero attached hydrogens (tertiary/aromatic N) is 1. The third-order valence-electron chi connectivity index (χ3n) is 3.41. The topological polar surface area (TPSA) is 84.3 Å². The quantitative estimate of drug-likeness (QED) is 0.640. The summed E-state index contributed by atoms with van der Waals surface area (Å²) in [4.78, 5) is 22.3. The molecule has 1 atom stereocenters. The molecule has 0 radical (unpaired) electrons. The number of benzene rings is 1. The number of carbonyl (C=O) groups excluding carboxylic acids is 1. The number of hydrogen-bond donors (Lipinski definition) is 2. The average Bonchev–Trinajstić information content (AvgIpc) is 2.91. The highest BCUT2D eigenvalue weighted by molar-refractivity contribution is 6.33. The van der Waals surface area contributed by atoms with Crippen LogP contribution in [0.15, 0.2) is 18.2 Å². The minimum absolute atomic E-state index is 0. The second-order valence-electron chi connectivity index (χ2n) is 4.80. The monoisotopic (exact) mass is 333 g/mol. The van der Waals surface area contributed by atoms with Crippen LogP contribution in [0.1, 0.15) is 23.2 Å².